The number of piperidine rings is 2. The second-order valence-corrected chi connectivity index (χ2v) is 13.6. The van der Waals surface area contributed by atoms with E-state index < -0.39 is 69.5 Å². The van der Waals surface area contributed by atoms with Gasteiger partial charge in [-0.2, -0.15) is 10.2 Å². The molecule has 8 rings (SSSR count). The Bertz CT molecular complexity index is 2170. The number of hydrogen-bond acceptors (Lipinski definition) is 4. The molecule has 0 unspecified atom stereocenters. The number of likely N-dealkylation sites (tertiary alicyclic amines) is 2. The van der Waals surface area contributed by atoms with Crippen LogP contribution in [0.5, 0.6) is 0 Å². The molecule has 0 saturated carbocycles. The number of rotatable bonds is 4. The van der Waals surface area contributed by atoms with E-state index in [0.717, 1.165) is 61.2 Å². The van der Waals surface area contributed by atoms with Crippen molar-refractivity contribution in [2.24, 2.45) is 0 Å². The van der Waals surface area contributed by atoms with Crippen LogP contribution in [0.4, 0.5) is 43.9 Å². The van der Waals surface area contributed by atoms with E-state index in [1.807, 2.05) is 14.1 Å². The highest BCUT2D eigenvalue weighted by atomic mass is 35.5. The van der Waals surface area contributed by atoms with Gasteiger partial charge in [0.1, 0.15) is 11.4 Å². The first-order chi connectivity index (χ1) is 25.8. The number of nitrogens with zero attached hydrogens (tertiary/aromatic N) is 6. The first-order valence-electron chi connectivity index (χ1n) is 17.2. The van der Waals surface area contributed by atoms with Crippen LogP contribution in [0.15, 0.2) is 48.5 Å². The van der Waals surface area contributed by atoms with Gasteiger partial charge in [0.05, 0.1) is 22.4 Å². The number of hydrogen-bond donors (Lipinski definition) is 0. The van der Waals surface area contributed by atoms with Gasteiger partial charge in [0.15, 0.2) is 46.5 Å². The van der Waals surface area contributed by atoms with E-state index in [1.54, 1.807) is 48.5 Å². The molecule has 0 aliphatic carbocycles. The van der Waals surface area contributed by atoms with Crippen LogP contribution >= 0.6 is 24.8 Å². The summed E-state index contributed by atoms with van der Waals surface area (Å²) in [6, 6.07) is 13.4. The molecule has 57 heavy (non-hydrogen) atoms. The van der Waals surface area contributed by atoms with E-state index in [1.165, 1.54) is 0 Å². The number of benzene rings is 4. The van der Waals surface area contributed by atoms with Crippen LogP contribution < -0.4 is 0 Å². The lowest BCUT2D eigenvalue weighted by Crippen LogP contribution is -2.29. The Kier molecular flexibility index (Phi) is 14.3. The maximum Gasteiger partial charge on any atom is 0.200 e. The molecule has 0 radical (unpaired) electrons. The van der Waals surface area contributed by atoms with Crippen LogP contribution in [0.25, 0.3) is 33.2 Å². The standard InChI is InChI=1S/2C19H16F5N3.2ClH.H2O/c2*1-26-8-6-10(7-9-26)18-11-4-2-3-5-12(11)27(25-18)19-16(23)14(21)13(20)15(22)17(19)24;;;/h2*2-5,10H,6-9H2,1H3;2*1H;1H2. The lowest BCUT2D eigenvalue weighted by atomic mass is 9.92. The zero-order chi connectivity index (χ0) is 38.6. The highest BCUT2D eigenvalue weighted by Crippen LogP contribution is 2.37. The normalized spacial score (nSPS) is 15.5. The van der Waals surface area contributed by atoms with Crippen molar-refractivity contribution in [3.8, 4) is 11.4 Å². The number of para-hydroxylation sites is 2. The Labute approximate surface area is 332 Å². The molecule has 0 spiro atoms. The largest absolute Gasteiger partial charge is 0.412 e. The van der Waals surface area contributed by atoms with Gasteiger partial charge in [0.25, 0.3) is 0 Å². The van der Waals surface area contributed by atoms with Crippen LogP contribution in [0.2, 0.25) is 0 Å². The van der Waals surface area contributed by atoms with Crippen molar-refractivity contribution in [3.05, 3.63) is 118 Å². The molecule has 0 atom stereocenters. The molecule has 0 bridgehead atoms. The van der Waals surface area contributed by atoms with E-state index in [2.05, 4.69) is 20.0 Å². The van der Waals surface area contributed by atoms with Gasteiger partial charge in [-0.1, -0.05) is 36.4 Å². The van der Waals surface area contributed by atoms with Gasteiger partial charge < -0.3 is 15.3 Å². The Hall–Kier alpha value is -4.42. The number of aromatic nitrogens is 4. The summed E-state index contributed by atoms with van der Waals surface area (Å²) in [6.45, 7) is 3.37. The minimum Gasteiger partial charge on any atom is -0.412 e. The molecule has 2 fully saturated rings. The summed E-state index contributed by atoms with van der Waals surface area (Å²) in [7, 11) is 4.00. The van der Waals surface area contributed by atoms with E-state index in [0.29, 0.717) is 33.2 Å². The topological polar surface area (TPSA) is 73.6 Å². The summed E-state index contributed by atoms with van der Waals surface area (Å²) in [4.78, 5) is 4.33. The molecule has 2 N–H and O–H groups in total. The van der Waals surface area contributed by atoms with Gasteiger partial charge in [-0.25, -0.2) is 53.3 Å². The van der Waals surface area contributed by atoms with E-state index in [4.69, 9.17) is 0 Å². The van der Waals surface area contributed by atoms with Crippen LogP contribution in [0, 0.1) is 58.2 Å². The van der Waals surface area contributed by atoms with Crippen molar-refractivity contribution in [2.75, 3.05) is 40.3 Å². The second-order valence-electron chi connectivity index (χ2n) is 13.6. The summed E-state index contributed by atoms with van der Waals surface area (Å²) < 4.78 is 141. The van der Waals surface area contributed by atoms with Crippen LogP contribution in [0.3, 0.4) is 0 Å². The van der Waals surface area contributed by atoms with Crippen LogP contribution in [-0.4, -0.2) is 75.1 Å². The van der Waals surface area contributed by atoms with Gasteiger partial charge in [-0.05, 0) is 78.1 Å². The second kappa shape index (κ2) is 18.0. The minimum atomic E-state index is -2.18. The lowest BCUT2D eigenvalue weighted by molar-refractivity contribution is 0.253. The van der Waals surface area contributed by atoms with Crippen molar-refractivity contribution in [1.29, 1.82) is 0 Å². The molecule has 4 heterocycles. The average molecular weight is 854 g/mol. The summed E-state index contributed by atoms with van der Waals surface area (Å²) in [5, 5.41) is 9.91. The van der Waals surface area contributed by atoms with Gasteiger partial charge in [-0.15, -0.1) is 24.8 Å². The molecule has 0 amide bonds. The van der Waals surface area contributed by atoms with Crippen molar-refractivity contribution < 1.29 is 49.4 Å². The first-order valence-corrected chi connectivity index (χ1v) is 17.2. The molecule has 6 aromatic rings. The fourth-order valence-corrected chi connectivity index (χ4v) is 7.25. The molecule has 2 aliphatic rings. The minimum absolute atomic E-state index is 0. The predicted octanol–water partition coefficient (Wildman–Crippen LogP) is 9.08. The third kappa shape index (κ3) is 8.04. The molecule has 2 saturated heterocycles. The van der Waals surface area contributed by atoms with Gasteiger partial charge in [0, 0.05) is 22.6 Å². The predicted molar refractivity (Wildman–Crippen MR) is 199 cm³/mol. The summed E-state index contributed by atoms with van der Waals surface area (Å²) in [5.41, 5.74) is -0.280. The van der Waals surface area contributed by atoms with Gasteiger partial charge in [0.2, 0.25) is 11.6 Å². The van der Waals surface area contributed by atoms with Gasteiger partial charge >= 0.3 is 0 Å². The number of halogens is 12. The molecule has 19 heteroatoms. The SMILES string of the molecule is CN1CCC(c2nn(-c3c(F)c(F)c(F)c(F)c3F)c3ccccc23)CC1.CN1CCC(c2nn(-c3c(F)c(F)c(F)c(F)c3F)c3ccccc23)CC1.Cl.Cl.O. The molecular formula is C38H36Cl2F10N6O. The molecule has 2 aliphatic heterocycles. The molecule has 4 aromatic carbocycles. The fraction of sp³-hybridized carbons (Fsp3) is 0.316. The average Bonchev–Trinajstić information content (AvgIpc) is 3.75. The Morgan fingerprint density at radius 3 is 1.00 bits per heavy atom. The van der Waals surface area contributed by atoms with Crippen molar-refractivity contribution in [1.82, 2.24) is 29.4 Å². The van der Waals surface area contributed by atoms with E-state index in [-0.39, 0.29) is 42.1 Å². The maximum atomic E-state index is 14.3. The van der Waals surface area contributed by atoms with Gasteiger partial charge in [-0.3, -0.25) is 0 Å². The zero-order valence-electron chi connectivity index (χ0n) is 30.2. The van der Waals surface area contributed by atoms with E-state index in [9.17, 15) is 43.9 Å². The van der Waals surface area contributed by atoms with Crippen molar-refractivity contribution >= 4 is 46.6 Å². The third-order valence-corrected chi connectivity index (χ3v) is 10.2. The quantitative estimate of drug-likeness (QED) is 0.101. The third-order valence-electron chi connectivity index (χ3n) is 10.2. The Morgan fingerprint density at radius 1 is 0.439 bits per heavy atom. The summed E-state index contributed by atoms with van der Waals surface area (Å²) >= 11 is 0. The Balaban J connectivity index is 0.000000240. The fourth-order valence-electron chi connectivity index (χ4n) is 7.25. The Morgan fingerprint density at radius 2 is 0.702 bits per heavy atom. The van der Waals surface area contributed by atoms with Crippen LogP contribution in [-0.2, 0) is 0 Å². The van der Waals surface area contributed by atoms with E-state index >= 15 is 0 Å². The highest BCUT2D eigenvalue weighted by molar-refractivity contribution is 5.86. The van der Waals surface area contributed by atoms with Crippen molar-refractivity contribution in [3.63, 3.8) is 0 Å². The monoisotopic (exact) mass is 852 g/mol. The smallest absolute Gasteiger partial charge is 0.200 e. The van der Waals surface area contributed by atoms with Crippen LogP contribution in [0.1, 0.15) is 48.9 Å². The molecular weight excluding hydrogens is 817 g/mol. The number of fused-ring (bicyclic) bond motifs is 2. The highest BCUT2D eigenvalue weighted by Gasteiger charge is 2.32. The maximum absolute atomic E-state index is 14.3. The molecule has 308 valence electrons. The zero-order valence-corrected chi connectivity index (χ0v) is 31.8. The first kappa shape index (κ1) is 45.3. The molecule has 2 aromatic heterocycles. The summed E-state index contributed by atoms with van der Waals surface area (Å²) in [5.74, 6) is -19.8. The molecule has 7 nitrogen and oxygen atoms in total. The summed E-state index contributed by atoms with van der Waals surface area (Å²) in [6.07, 6.45) is 3.20. The lowest BCUT2D eigenvalue weighted by Gasteiger charge is -2.28. The van der Waals surface area contributed by atoms with Crippen molar-refractivity contribution in [2.45, 2.75) is 37.5 Å².